The topological polar surface area (TPSA) is 46.2 Å². The highest BCUT2D eigenvalue weighted by Gasteiger charge is 2.18. The standard InChI is InChI=1S/C7H4Cl5NO2S/c8-2-16(14,15)13-7-4(10)1-3(9)5(11)6(7)12/h1,13H,2H2. The quantitative estimate of drug-likeness (QED) is 0.507. The van der Waals surface area contributed by atoms with Crippen LogP contribution in [0.4, 0.5) is 5.69 Å². The summed E-state index contributed by atoms with van der Waals surface area (Å²) < 4.78 is 24.6. The molecule has 0 heterocycles. The number of hydrogen-bond acceptors (Lipinski definition) is 2. The van der Waals surface area contributed by atoms with Crippen LogP contribution >= 0.6 is 58.0 Å². The molecule has 1 aromatic carbocycles. The van der Waals surface area contributed by atoms with Gasteiger partial charge >= 0.3 is 0 Å². The predicted octanol–water partition coefficient (Wildman–Crippen LogP) is 4.24. The molecule has 0 saturated carbocycles. The first-order valence-electron chi connectivity index (χ1n) is 3.68. The van der Waals surface area contributed by atoms with Gasteiger partial charge in [0.15, 0.2) is 0 Å². The lowest BCUT2D eigenvalue weighted by atomic mass is 10.3. The zero-order valence-electron chi connectivity index (χ0n) is 7.40. The molecule has 90 valence electrons. The van der Waals surface area contributed by atoms with E-state index in [1.165, 1.54) is 6.07 Å². The second-order valence-electron chi connectivity index (χ2n) is 2.67. The summed E-state index contributed by atoms with van der Waals surface area (Å²) in [5.74, 6) is 0. The Bertz CT molecular complexity index is 516. The zero-order chi connectivity index (χ0) is 12.5. The Labute approximate surface area is 118 Å². The minimum Gasteiger partial charge on any atom is -0.279 e. The van der Waals surface area contributed by atoms with Gasteiger partial charge in [-0.3, -0.25) is 4.72 Å². The number of alkyl halides is 1. The van der Waals surface area contributed by atoms with Gasteiger partial charge in [-0.2, -0.15) is 0 Å². The molecule has 0 saturated heterocycles. The molecule has 0 aliphatic carbocycles. The maximum Gasteiger partial charge on any atom is 0.246 e. The van der Waals surface area contributed by atoms with Gasteiger partial charge in [0.25, 0.3) is 0 Å². The van der Waals surface area contributed by atoms with E-state index in [-0.39, 0.29) is 25.8 Å². The number of anilines is 1. The van der Waals surface area contributed by atoms with Crippen molar-refractivity contribution in [2.75, 3.05) is 9.93 Å². The Hall–Kier alpha value is 0.420. The molecule has 1 aromatic rings. The van der Waals surface area contributed by atoms with E-state index >= 15 is 0 Å². The minimum atomic E-state index is -3.70. The normalized spacial score (nSPS) is 11.6. The first kappa shape index (κ1) is 14.5. The van der Waals surface area contributed by atoms with Gasteiger partial charge in [-0.05, 0) is 6.07 Å². The van der Waals surface area contributed by atoms with Crippen molar-refractivity contribution < 1.29 is 8.42 Å². The van der Waals surface area contributed by atoms with Gasteiger partial charge in [0.05, 0.1) is 25.8 Å². The molecule has 0 amide bonds. The van der Waals surface area contributed by atoms with Crippen LogP contribution in [-0.4, -0.2) is 13.6 Å². The second-order valence-corrected chi connectivity index (χ2v) is 6.55. The third kappa shape index (κ3) is 3.22. The molecule has 0 bridgehead atoms. The van der Waals surface area contributed by atoms with E-state index in [0.717, 1.165) is 0 Å². The van der Waals surface area contributed by atoms with Crippen molar-refractivity contribution in [1.82, 2.24) is 0 Å². The van der Waals surface area contributed by atoms with E-state index in [4.69, 9.17) is 58.0 Å². The average Bonchev–Trinajstić information content (AvgIpc) is 2.21. The zero-order valence-corrected chi connectivity index (χ0v) is 12.0. The maximum atomic E-state index is 11.2. The monoisotopic (exact) mass is 341 g/mol. The highest BCUT2D eigenvalue weighted by atomic mass is 35.5. The van der Waals surface area contributed by atoms with Gasteiger partial charge in [0.2, 0.25) is 10.0 Å². The van der Waals surface area contributed by atoms with Crippen LogP contribution in [-0.2, 0) is 10.0 Å². The number of halogens is 5. The third-order valence-corrected chi connectivity index (χ3v) is 4.74. The van der Waals surface area contributed by atoms with E-state index in [0.29, 0.717) is 0 Å². The van der Waals surface area contributed by atoms with Crippen LogP contribution in [0.3, 0.4) is 0 Å². The lowest BCUT2D eigenvalue weighted by Gasteiger charge is -2.11. The summed E-state index contributed by atoms with van der Waals surface area (Å²) in [6.07, 6.45) is 0. The average molecular weight is 343 g/mol. The van der Waals surface area contributed by atoms with Crippen molar-refractivity contribution in [2.24, 2.45) is 0 Å². The molecular weight excluding hydrogens is 339 g/mol. The molecule has 0 fully saturated rings. The number of hydrogen-bond donors (Lipinski definition) is 1. The van der Waals surface area contributed by atoms with Crippen molar-refractivity contribution in [1.29, 1.82) is 0 Å². The number of nitrogens with one attached hydrogen (secondary N) is 1. The maximum absolute atomic E-state index is 11.2. The Kier molecular flexibility index (Phi) is 4.87. The minimum absolute atomic E-state index is 0.0139. The molecule has 0 atom stereocenters. The first-order chi connectivity index (χ1) is 7.28. The molecule has 0 aliphatic rings. The van der Waals surface area contributed by atoms with Crippen molar-refractivity contribution in [2.45, 2.75) is 0 Å². The van der Waals surface area contributed by atoms with Crippen molar-refractivity contribution in [3.8, 4) is 0 Å². The highest BCUT2D eigenvalue weighted by molar-refractivity contribution is 7.93. The summed E-state index contributed by atoms with van der Waals surface area (Å²) in [4.78, 5) is 0. The molecule has 3 nitrogen and oxygen atoms in total. The predicted molar refractivity (Wildman–Crippen MR) is 69.7 cm³/mol. The summed E-state index contributed by atoms with van der Waals surface area (Å²) in [7, 11) is -3.70. The van der Waals surface area contributed by atoms with Gasteiger partial charge in [0.1, 0.15) is 5.21 Å². The number of rotatable bonds is 3. The van der Waals surface area contributed by atoms with Gasteiger partial charge < -0.3 is 0 Å². The third-order valence-electron chi connectivity index (χ3n) is 1.52. The molecular formula is C7H4Cl5NO2S. The Morgan fingerprint density at radius 1 is 1.06 bits per heavy atom. The summed E-state index contributed by atoms with van der Waals surface area (Å²) in [5.41, 5.74) is -0.0432. The molecule has 0 spiro atoms. The van der Waals surface area contributed by atoms with Crippen molar-refractivity contribution in [3.05, 3.63) is 26.2 Å². The fourth-order valence-electron chi connectivity index (χ4n) is 0.843. The van der Waals surface area contributed by atoms with E-state index in [2.05, 4.69) is 4.72 Å². The van der Waals surface area contributed by atoms with Crippen LogP contribution in [0, 0.1) is 0 Å². The molecule has 1 N–H and O–H groups in total. The van der Waals surface area contributed by atoms with Gasteiger partial charge in [-0.1, -0.05) is 46.4 Å². The Morgan fingerprint density at radius 3 is 2.12 bits per heavy atom. The van der Waals surface area contributed by atoms with Crippen LogP contribution in [0.5, 0.6) is 0 Å². The van der Waals surface area contributed by atoms with E-state index in [1.807, 2.05) is 0 Å². The molecule has 0 radical (unpaired) electrons. The fraction of sp³-hybridized carbons (Fsp3) is 0.143. The Balaban J connectivity index is 3.31. The van der Waals surface area contributed by atoms with Gasteiger partial charge in [-0.15, -0.1) is 11.6 Å². The van der Waals surface area contributed by atoms with Gasteiger partial charge in [-0.25, -0.2) is 8.42 Å². The van der Waals surface area contributed by atoms with Crippen LogP contribution in [0.15, 0.2) is 6.07 Å². The van der Waals surface area contributed by atoms with E-state index in [1.54, 1.807) is 0 Å². The molecule has 0 aliphatic heterocycles. The largest absolute Gasteiger partial charge is 0.279 e. The van der Waals surface area contributed by atoms with E-state index in [9.17, 15) is 8.42 Å². The van der Waals surface area contributed by atoms with Crippen molar-refractivity contribution in [3.63, 3.8) is 0 Å². The molecule has 1 rings (SSSR count). The molecule has 16 heavy (non-hydrogen) atoms. The molecule has 9 heteroatoms. The Morgan fingerprint density at radius 2 is 1.62 bits per heavy atom. The molecule has 0 unspecified atom stereocenters. The number of sulfonamides is 1. The van der Waals surface area contributed by atoms with Crippen LogP contribution < -0.4 is 4.72 Å². The summed E-state index contributed by atoms with van der Waals surface area (Å²) in [6, 6.07) is 1.28. The summed E-state index contributed by atoms with van der Waals surface area (Å²) in [6.45, 7) is 0. The van der Waals surface area contributed by atoms with Crippen LogP contribution in [0.25, 0.3) is 0 Å². The molecule has 0 aromatic heterocycles. The highest BCUT2D eigenvalue weighted by Crippen LogP contribution is 2.41. The van der Waals surface area contributed by atoms with Crippen LogP contribution in [0.2, 0.25) is 20.1 Å². The summed E-state index contributed by atoms with van der Waals surface area (Å²) >= 11 is 28.2. The fourth-order valence-corrected chi connectivity index (χ4v) is 2.70. The smallest absolute Gasteiger partial charge is 0.246 e. The van der Waals surface area contributed by atoms with E-state index < -0.39 is 15.2 Å². The van der Waals surface area contributed by atoms with Crippen molar-refractivity contribution >= 4 is 73.7 Å². The second kappa shape index (κ2) is 5.38. The lowest BCUT2D eigenvalue weighted by molar-refractivity contribution is 0.605. The van der Waals surface area contributed by atoms with Gasteiger partial charge in [0, 0.05) is 0 Å². The van der Waals surface area contributed by atoms with Crippen LogP contribution in [0.1, 0.15) is 0 Å². The lowest BCUT2D eigenvalue weighted by Crippen LogP contribution is -2.14. The summed E-state index contributed by atoms with van der Waals surface area (Å²) in [5, 5.41) is -0.522. The first-order valence-corrected chi connectivity index (χ1v) is 7.38. The SMILES string of the molecule is O=S(=O)(CCl)Nc1c(Cl)cc(Cl)c(Cl)c1Cl. The number of benzene rings is 1.